The number of amides is 2. The fourth-order valence-corrected chi connectivity index (χ4v) is 2.95. The van der Waals surface area contributed by atoms with Gasteiger partial charge in [0.25, 0.3) is 11.8 Å². The molecule has 6 nitrogen and oxygen atoms in total. The van der Waals surface area contributed by atoms with E-state index in [1.165, 1.54) is 11.8 Å². The van der Waals surface area contributed by atoms with Gasteiger partial charge in [-0.2, -0.15) is 0 Å². The molecule has 3 rings (SSSR count). The molecule has 0 N–H and O–H groups in total. The normalized spacial score (nSPS) is 14.3. The number of carbonyl (C=O) groups excluding carboxylic acids is 3. The van der Waals surface area contributed by atoms with Crippen molar-refractivity contribution in [3.63, 3.8) is 0 Å². The molecule has 0 radical (unpaired) electrons. The van der Waals surface area contributed by atoms with E-state index in [4.69, 9.17) is 9.47 Å². The summed E-state index contributed by atoms with van der Waals surface area (Å²) in [5.41, 5.74) is 1.81. The first-order valence-corrected chi connectivity index (χ1v) is 8.25. The highest BCUT2D eigenvalue weighted by Crippen LogP contribution is 2.23. The van der Waals surface area contributed by atoms with Crippen molar-refractivity contribution in [3.8, 4) is 5.75 Å². The molecule has 0 saturated carbocycles. The van der Waals surface area contributed by atoms with Crippen LogP contribution in [0.25, 0.3) is 0 Å². The van der Waals surface area contributed by atoms with E-state index in [0.29, 0.717) is 23.3 Å². The van der Waals surface area contributed by atoms with Crippen molar-refractivity contribution in [2.45, 2.75) is 19.4 Å². The lowest BCUT2D eigenvalue weighted by Crippen LogP contribution is -2.38. The van der Waals surface area contributed by atoms with Crippen LogP contribution in [0.2, 0.25) is 0 Å². The van der Waals surface area contributed by atoms with Crippen LogP contribution in [0.15, 0.2) is 48.5 Å². The molecule has 1 aliphatic heterocycles. The van der Waals surface area contributed by atoms with Gasteiger partial charge >= 0.3 is 5.97 Å². The Bertz CT molecular complexity index is 809. The lowest BCUT2D eigenvalue weighted by molar-refractivity contribution is -0.131. The summed E-state index contributed by atoms with van der Waals surface area (Å²) in [6.07, 6.45) is 0.182. The second kappa shape index (κ2) is 7.49. The second-order valence-corrected chi connectivity index (χ2v) is 6.07. The number of imide groups is 1. The van der Waals surface area contributed by atoms with Crippen LogP contribution in [-0.2, 0) is 16.0 Å². The third kappa shape index (κ3) is 3.65. The summed E-state index contributed by atoms with van der Waals surface area (Å²) in [6.45, 7) is 1.52. The number of nitrogens with zero attached hydrogens (tertiary/aromatic N) is 1. The average Bonchev–Trinajstić information content (AvgIpc) is 2.87. The van der Waals surface area contributed by atoms with E-state index in [1.807, 2.05) is 12.1 Å². The van der Waals surface area contributed by atoms with Crippen molar-refractivity contribution in [3.05, 3.63) is 65.2 Å². The van der Waals surface area contributed by atoms with Crippen LogP contribution in [0.1, 0.15) is 33.2 Å². The molecule has 0 fully saturated rings. The maximum atomic E-state index is 12.5. The average molecular weight is 353 g/mol. The highest BCUT2D eigenvalue weighted by Gasteiger charge is 2.36. The van der Waals surface area contributed by atoms with Gasteiger partial charge < -0.3 is 9.47 Å². The van der Waals surface area contributed by atoms with E-state index >= 15 is 0 Å². The predicted molar refractivity (Wildman–Crippen MR) is 94.1 cm³/mol. The molecule has 0 aliphatic carbocycles. The number of ether oxygens (including phenoxy) is 2. The number of fused-ring (bicyclic) bond motifs is 1. The van der Waals surface area contributed by atoms with Crippen molar-refractivity contribution in [1.29, 1.82) is 0 Å². The van der Waals surface area contributed by atoms with Gasteiger partial charge in [0.2, 0.25) is 0 Å². The summed E-state index contributed by atoms with van der Waals surface area (Å²) in [7, 11) is 1.55. The Kier molecular flexibility index (Phi) is 5.14. The number of hydrogen-bond donors (Lipinski definition) is 0. The molecule has 0 bridgehead atoms. The quantitative estimate of drug-likeness (QED) is 0.453. The van der Waals surface area contributed by atoms with E-state index < -0.39 is 0 Å². The Hall–Kier alpha value is -2.99. The minimum absolute atomic E-state index is 0.175. The summed E-state index contributed by atoms with van der Waals surface area (Å²) >= 11 is 0. The third-order valence-electron chi connectivity index (χ3n) is 4.25. The molecule has 1 atom stereocenters. The number of methoxy groups -OCH3 is 1. The number of benzene rings is 2. The summed E-state index contributed by atoms with van der Waals surface area (Å²) in [5.74, 6) is -0.496. The maximum Gasteiger partial charge on any atom is 0.308 e. The zero-order valence-electron chi connectivity index (χ0n) is 14.6. The molecular weight excluding hydrogens is 334 g/mol. The van der Waals surface area contributed by atoms with Gasteiger partial charge in [-0.1, -0.05) is 24.3 Å². The van der Waals surface area contributed by atoms with Crippen LogP contribution in [0.3, 0.4) is 0 Å². The lowest BCUT2D eigenvalue weighted by atomic mass is 10.1. The third-order valence-corrected chi connectivity index (χ3v) is 4.25. The first kappa shape index (κ1) is 17.8. The fraction of sp³-hybridized carbons (Fsp3) is 0.250. The molecule has 0 spiro atoms. The van der Waals surface area contributed by atoms with Crippen molar-refractivity contribution < 1.29 is 23.9 Å². The van der Waals surface area contributed by atoms with Gasteiger partial charge in [-0.25, -0.2) is 0 Å². The van der Waals surface area contributed by atoms with Crippen LogP contribution >= 0.6 is 0 Å². The van der Waals surface area contributed by atoms with Crippen molar-refractivity contribution >= 4 is 17.8 Å². The second-order valence-electron chi connectivity index (χ2n) is 6.07. The monoisotopic (exact) mass is 353 g/mol. The van der Waals surface area contributed by atoms with E-state index in [9.17, 15) is 14.4 Å². The molecule has 1 aliphatic rings. The van der Waals surface area contributed by atoms with Crippen LogP contribution in [-0.4, -0.2) is 42.4 Å². The first-order valence-electron chi connectivity index (χ1n) is 8.25. The van der Waals surface area contributed by atoms with Gasteiger partial charge in [0.15, 0.2) is 0 Å². The topological polar surface area (TPSA) is 72.9 Å². The van der Waals surface area contributed by atoms with Crippen molar-refractivity contribution in [2.24, 2.45) is 0 Å². The minimum Gasteiger partial charge on any atom is -0.427 e. The highest BCUT2D eigenvalue weighted by molar-refractivity contribution is 6.21. The summed E-state index contributed by atoms with van der Waals surface area (Å²) in [4.78, 5) is 37.1. The highest BCUT2D eigenvalue weighted by atomic mass is 16.5. The Morgan fingerprint density at radius 1 is 1.00 bits per heavy atom. The number of rotatable bonds is 6. The van der Waals surface area contributed by atoms with Crippen LogP contribution in [0.4, 0.5) is 0 Å². The SMILES string of the molecule is COC(Cc1ccc(OC(C)=O)cc1)CN1C(=O)c2ccccc2C1=O. The van der Waals surface area contributed by atoms with Crippen molar-refractivity contribution in [1.82, 2.24) is 4.90 Å². The zero-order valence-corrected chi connectivity index (χ0v) is 14.6. The van der Waals surface area contributed by atoms with Gasteiger partial charge in [-0.15, -0.1) is 0 Å². The standard InChI is InChI=1S/C20H19NO5/c1-13(22)26-15-9-7-14(8-10-15)11-16(25-2)12-21-19(23)17-5-3-4-6-18(17)20(21)24/h3-10,16H,11-12H2,1-2H3. The smallest absolute Gasteiger partial charge is 0.308 e. The molecule has 2 amide bonds. The summed E-state index contributed by atoms with van der Waals surface area (Å²) in [5, 5.41) is 0. The Labute approximate surface area is 151 Å². The number of hydrogen-bond acceptors (Lipinski definition) is 5. The molecule has 134 valence electrons. The van der Waals surface area contributed by atoms with E-state index in [2.05, 4.69) is 0 Å². The number of carbonyl (C=O) groups is 3. The Morgan fingerprint density at radius 2 is 1.58 bits per heavy atom. The molecule has 0 aromatic heterocycles. The summed E-state index contributed by atoms with van der Waals surface area (Å²) in [6, 6.07) is 13.9. The van der Waals surface area contributed by atoms with Gasteiger partial charge in [0, 0.05) is 20.5 Å². The minimum atomic E-state index is -0.377. The van der Waals surface area contributed by atoms with Crippen LogP contribution < -0.4 is 4.74 Å². The molecule has 2 aromatic rings. The van der Waals surface area contributed by atoms with Crippen molar-refractivity contribution in [2.75, 3.05) is 13.7 Å². The first-order chi connectivity index (χ1) is 12.5. The summed E-state index contributed by atoms with van der Waals surface area (Å²) < 4.78 is 10.5. The van der Waals surface area contributed by atoms with E-state index in [1.54, 1.807) is 43.5 Å². The zero-order chi connectivity index (χ0) is 18.7. The van der Waals surface area contributed by atoms with Gasteiger partial charge in [0.1, 0.15) is 5.75 Å². The number of esters is 1. The Balaban J connectivity index is 1.68. The van der Waals surface area contributed by atoms with Gasteiger partial charge in [0.05, 0.1) is 23.8 Å². The maximum absolute atomic E-state index is 12.5. The molecule has 0 saturated heterocycles. The predicted octanol–water partition coefficient (Wildman–Crippen LogP) is 2.47. The lowest BCUT2D eigenvalue weighted by Gasteiger charge is -2.21. The van der Waals surface area contributed by atoms with Gasteiger partial charge in [-0.3, -0.25) is 19.3 Å². The Morgan fingerprint density at radius 3 is 2.08 bits per heavy atom. The largest absolute Gasteiger partial charge is 0.427 e. The van der Waals surface area contributed by atoms with Gasteiger partial charge in [-0.05, 0) is 29.8 Å². The van der Waals surface area contributed by atoms with Crippen LogP contribution in [0, 0.1) is 0 Å². The fourth-order valence-electron chi connectivity index (χ4n) is 2.95. The molecule has 26 heavy (non-hydrogen) atoms. The molecule has 1 unspecified atom stereocenters. The van der Waals surface area contributed by atoms with Crippen LogP contribution in [0.5, 0.6) is 5.75 Å². The molecule has 6 heteroatoms. The molecule has 2 aromatic carbocycles. The molecular formula is C20H19NO5. The van der Waals surface area contributed by atoms with E-state index in [-0.39, 0.29) is 30.4 Å². The van der Waals surface area contributed by atoms with E-state index in [0.717, 1.165) is 5.56 Å². The molecule has 1 heterocycles.